The Labute approximate surface area is 220 Å². The average Bonchev–Trinajstić information content (AvgIpc) is 3.54. The lowest BCUT2D eigenvalue weighted by Gasteiger charge is -2.16. The van der Waals surface area contributed by atoms with Gasteiger partial charge in [-0.2, -0.15) is 5.10 Å². The molecule has 1 atom stereocenters. The Balaban J connectivity index is 1.29. The van der Waals surface area contributed by atoms with E-state index in [9.17, 15) is 9.59 Å². The molecule has 3 aromatic heterocycles. The summed E-state index contributed by atoms with van der Waals surface area (Å²) < 4.78 is 7.77. The zero-order chi connectivity index (χ0) is 26.5. The molecule has 1 fully saturated rings. The highest BCUT2D eigenvalue weighted by molar-refractivity contribution is 5.93. The van der Waals surface area contributed by atoms with Crippen LogP contribution in [0.4, 0.5) is 5.82 Å². The van der Waals surface area contributed by atoms with Crippen LogP contribution < -0.4 is 15.6 Å². The van der Waals surface area contributed by atoms with Crippen LogP contribution in [0.3, 0.4) is 0 Å². The fraction of sp³-hybridized carbons (Fsp3) is 0.286. The van der Waals surface area contributed by atoms with Crippen molar-refractivity contribution in [2.45, 2.75) is 19.0 Å². The predicted molar refractivity (Wildman–Crippen MR) is 147 cm³/mol. The van der Waals surface area contributed by atoms with Crippen molar-refractivity contribution in [1.82, 2.24) is 29.5 Å². The van der Waals surface area contributed by atoms with Gasteiger partial charge in [-0.25, -0.2) is 4.98 Å². The quantitative estimate of drug-likeness (QED) is 0.331. The third-order valence-electron chi connectivity index (χ3n) is 6.39. The van der Waals surface area contributed by atoms with Gasteiger partial charge in [-0.1, -0.05) is 36.4 Å². The lowest BCUT2D eigenvalue weighted by atomic mass is 10.2. The number of amides is 1. The van der Waals surface area contributed by atoms with Crippen molar-refractivity contribution in [3.8, 4) is 11.5 Å². The molecule has 0 aliphatic carbocycles. The molecule has 38 heavy (non-hydrogen) atoms. The van der Waals surface area contributed by atoms with E-state index >= 15 is 0 Å². The molecule has 1 saturated heterocycles. The molecule has 1 aliphatic rings. The number of carbonyl (C=O) groups is 1. The number of likely N-dealkylation sites (N-methyl/N-ethyl adjacent to an activating group) is 1. The van der Waals surface area contributed by atoms with Gasteiger partial charge in [-0.3, -0.25) is 14.7 Å². The molecular weight excluding hydrogens is 482 g/mol. The summed E-state index contributed by atoms with van der Waals surface area (Å²) in [6, 6.07) is 14.9. The van der Waals surface area contributed by atoms with Gasteiger partial charge in [-0.15, -0.1) is 0 Å². The van der Waals surface area contributed by atoms with Crippen molar-refractivity contribution < 1.29 is 9.53 Å². The molecule has 5 rings (SSSR count). The van der Waals surface area contributed by atoms with E-state index in [1.54, 1.807) is 35.2 Å². The summed E-state index contributed by atoms with van der Waals surface area (Å²) in [6.07, 6.45) is 7.67. The normalized spacial score (nSPS) is 15.6. The highest BCUT2D eigenvalue weighted by atomic mass is 16.5. The first kappa shape index (κ1) is 25.2. The molecule has 1 aromatic carbocycles. The monoisotopic (exact) mass is 513 g/mol. The Morgan fingerprint density at radius 2 is 2.08 bits per heavy atom. The number of nitrogens with zero attached hydrogens (tertiary/aromatic N) is 5. The molecular formula is C28H31N7O3. The van der Waals surface area contributed by atoms with Crippen molar-refractivity contribution >= 4 is 22.8 Å². The Morgan fingerprint density at radius 1 is 1.24 bits per heavy atom. The minimum Gasteiger partial charge on any atom is -0.456 e. The molecule has 1 aliphatic heterocycles. The first-order valence-corrected chi connectivity index (χ1v) is 12.6. The van der Waals surface area contributed by atoms with Crippen LogP contribution in [0.15, 0.2) is 77.9 Å². The maximum atomic E-state index is 12.7. The van der Waals surface area contributed by atoms with Crippen molar-refractivity contribution in [2.75, 3.05) is 39.0 Å². The van der Waals surface area contributed by atoms with Gasteiger partial charge in [0.1, 0.15) is 16.9 Å². The second kappa shape index (κ2) is 11.3. The molecule has 0 saturated carbocycles. The number of anilines is 1. The smallest absolute Gasteiger partial charge is 0.254 e. The van der Waals surface area contributed by atoms with E-state index in [4.69, 9.17) is 4.74 Å². The molecule has 0 bridgehead atoms. The number of rotatable bonds is 9. The van der Waals surface area contributed by atoms with E-state index < -0.39 is 0 Å². The summed E-state index contributed by atoms with van der Waals surface area (Å²) in [5.41, 5.74) is 1.46. The zero-order valence-electron chi connectivity index (χ0n) is 21.5. The zero-order valence-corrected chi connectivity index (χ0v) is 21.5. The van der Waals surface area contributed by atoms with Crippen LogP contribution in [-0.2, 0) is 11.3 Å². The number of hydrogen-bond donors (Lipinski definition) is 2. The Kier molecular flexibility index (Phi) is 7.50. The number of aromatic amines is 1. The molecule has 1 amide bonds. The number of H-pyrrole nitrogens is 1. The van der Waals surface area contributed by atoms with E-state index in [1.165, 1.54) is 6.07 Å². The number of pyridine rings is 2. The number of nitrogens with one attached hydrogen (secondary N) is 2. The van der Waals surface area contributed by atoms with Crippen LogP contribution in [0.25, 0.3) is 11.0 Å². The summed E-state index contributed by atoms with van der Waals surface area (Å²) in [5.74, 6) is 1.57. The minimum atomic E-state index is -0.155. The molecule has 0 spiro atoms. The van der Waals surface area contributed by atoms with Crippen molar-refractivity contribution in [2.24, 2.45) is 0 Å². The average molecular weight is 514 g/mol. The van der Waals surface area contributed by atoms with Crippen molar-refractivity contribution in [1.29, 1.82) is 0 Å². The maximum Gasteiger partial charge on any atom is 0.254 e. The van der Waals surface area contributed by atoms with Gasteiger partial charge in [0, 0.05) is 56.3 Å². The number of carbonyl (C=O) groups excluding carboxylic acids is 1. The summed E-state index contributed by atoms with van der Waals surface area (Å²) in [4.78, 5) is 33.4. The number of ether oxygens (including phenoxy) is 1. The van der Waals surface area contributed by atoms with Gasteiger partial charge >= 0.3 is 0 Å². The number of benzene rings is 1. The lowest BCUT2D eigenvalue weighted by Crippen LogP contribution is -2.30. The SMILES string of the molecule is CN(C)C/C=C/C(=O)N1CC[C@@H](Nc2n[nH]c3nccc(Oc4ccn(Cc5ccccc5)c(=O)c4)c23)C1. The largest absolute Gasteiger partial charge is 0.456 e. The van der Waals surface area contributed by atoms with Crippen LogP contribution in [-0.4, -0.2) is 75.2 Å². The second-order valence-electron chi connectivity index (χ2n) is 9.60. The Bertz CT molecular complexity index is 1490. The summed E-state index contributed by atoms with van der Waals surface area (Å²) in [6.45, 7) is 2.46. The number of aromatic nitrogens is 4. The van der Waals surface area contributed by atoms with Gasteiger partial charge in [0.05, 0.1) is 6.54 Å². The van der Waals surface area contributed by atoms with Crippen molar-refractivity contribution in [3.63, 3.8) is 0 Å². The number of hydrogen-bond acceptors (Lipinski definition) is 7. The van der Waals surface area contributed by atoms with Crippen LogP contribution in [0.1, 0.15) is 12.0 Å². The molecule has 2 N–H and O–H groups in total. The first-order valence-electron chi connectivity index (χ1n) is 12.6. The number of fused-ring (bicyclic) bond motifs is 1. The van der Waals surface area contributed by atoms with Crippen molar-refractivity contribution in [3.05, 3.63) is 89.0 Å². The lowest BCUT2D eigenvalue weighted by molar-refractivity contribution is -0.125. The van der Waals surface area contributed by atoms with Gasteiger partial charge < -0.3 is 24.4 Å². The summed E-state index contributed by atoms with van der Waals surface area (Å²) in [7, 11) is 3.93. The van der Waals surface area contributed by atoms with Crippen LogP contribution in [0, 0.1) is 0 Å². The third-order valence-corrected chi connectivity index (χ3v) is 6.39. The van der Waals surface area contributed by atoms with E-state index in [0.29, 0.717) is 48.0 Å². The van der Waals surface area contributed by atoms with E-state index in [-0.39, 0.29) is 17.5 Å². The standard InChI is InChI=1S/C28H31N7O3/c1-33(2)14-6-9-24(36)35-15-11-21(19-35)30-28-26-23(10-13-29-27(26)31-32-28)38-22-12-16-34(25(37)17-22)18-20-7-4-3-5-8-20/h3-10,12-13,16-17,21H,11,14-15,18-19H2,1-2H3,(H2,29,30,31,32)/b9-6+/t21-/m1/s1. The van der Waals surface area contributed by atoms with Gasteiger partial charge in [0.25, 0.3) is 5.56 Å². The number of likely N-dealkylation sites (tertiary alicyclic amines) is 1. The molecule has 0 radical (unpaired) electrons. The van der Waals surface area contributed by atoms with E-state index in [2.05, 4.69) is 20.5 Å². The van der Waals surface area contributed by atoms with Gasteiger partial charge in [-0.05, 0) is 32.1 Å². The Hall–Kier alpha value is -4.44. The fourth-order valence-corrected chi connectivity index (χ4v) is 4.44. The maximum absolute atomic E-state index is 12.7. The molecule has 4 heterocycles. The molecule has 10 heteroatoms. The molecule has 4 aromatic rings. The summed E-state index contributed by atoms with van der Waals surface area (Å²) in [5, 5.41) is 11.5. The van der Waals surface area contributed by atoms with E-state index in [1.807, 2.05) is 60.3 Å². The minimum absolute atomic E-state index is 0.00993. The van der Waals surface area contributed by atoms with E-state index in [0.717, 1.165) is 18.5 Å². The highest BCUT2D eigenvalue weighted by Crippen LogP contribution is 2.33. The third kappa shape index (κ3) is 5.92. The predicted octanol–water partition coefficient (Wildman–Crippen LogP) is 3.09. The Morgan fingerprint density at radius 3 is 2.87 bits per heavy atom. The summed E-state index contributed by atoms with van der Waals surface area (Å²) >= 11 is 0. The van der Waals surface area contributed by atoms with Crippen LogP contribution in [0.2, 0.25) is 0 Å². The highest BCUT2D eigenvalue weighted by Gasteiger charge is 2.26. The van der Waals surface area contributed by atoms with Gasteiger partial charge in [0.15, 0.2) is 11.5 Å². The molecule has 196 valence electrons. The first-order chi connectivity index (χ1) is 18.5. The second-order valence-corrected chi connectivity index (χ2v) is 9.60. The van der Waals surface area contributed by atoms with Crippen LogP contribution >= 0.6 is 0 Å². The van der Waals surface area contributed by atoms with Gasteiger partial charge in [0.2, 0.25) is 5.91 Å². The molecule has 10 nitrogen and oxygen atoms in total. The van der Waals surface area contributed by atoms with Crippen LogP contribution in [0.5, 0.6) is 11.5 Å². The fourth-order valence-electron chi connectivity index (χ4n) is 4.44. The molecule has 0 unspecified atom stereocenters. The topological polar surface area (TPSA) is 108 Å².